The van der Waals surface area contributed by atoms with Crippen LogP contribution in [0.3, 0.4) is 0 Å². The highest BCUT2D eigenvalue weighted by atomic mass is 16.2. The summed E-state index contributed by atoms with van der Waals surface area (Å²) < 4.78 is 0. The van der Waals surface area contributed by atoms with E-state index < -0.39 is 0 Å². The molecule has 0 unspecified atom stereocenters. The molecule has 0 aliphatic carbocycles. The van der Waals surface area contributed by atoms with Crippen LogP contribution < -0.4 is 20.9 Å². The van der Waals surface area contributed by atoms with Gasteiger partial charge in [-0.2, -0.15) is 4.98 Å². The standard InChI is InChI=1S/C23H28N6O/c1-4-29(5-2)22-25-17(3)20(27-23(30)26-19-14-10-7-11-15-19)21(28-22)24-16-18-12-8-6-9-13-18/h6-15H,4-5,16H2,1-3H3,(H,24,25,28)(H2,26,27,30). The minimum absolute atomic E-state index is 0.341. The largest absolute Gasteiger partial charge is 0.364 e. The number of para-hydroxylation sites is 1. The van der Waals surface area contributed by atoms with E-state index in [0.717, 1.165) is 18.7 Å². The number of anilines is 4. The van der Waals surface area contributed by atoms with Gasteiger partial charge in [0.25, 0.3) is 0 Å². The van der Waals surface area contributed by atoms with E-state index in [1.54, 1.807) is 0 Å². The molecular weight excluding hydrogens is 376 g/mol. The predicted molar refractivity (Wildman–Crippen MR) is 123 cm³/mol. The molecule has 30 heavy (non-hydrogen) atoms. The van der Waals surface area contributed by atoms with Crippen LogP contribution in [0.4, 0.5) is 27.9 Å². The Morgan fingerprint density at radius 3 is 2.17 bits per heavy atom. The van der Waals surface area contributed by atoms with Crippen molar-refractivity contribution in [3.63, 3.8) is 0 Å². The van der Waals surface area contributed by atoms with Crippen molar-refractivity contribution >= 4 is 29.2 Å². The third kappa shape index (κ3) is 5.47. The summed E-state index contributed by atoms with van der Waals surface area (Å²) in [6.07, 6.45) is 0. The van der Waals surface area contributed by atoms with Crippen molar-refractivity contribution in [2.45, 2.75) is 27.3 Å². The number of aromatic nitrogens is 2. The third-order valence-electron chi connectivity index (χ3n) is 4.70. The summed E-state index contributed by atoms with van der Waals surface area (Å²) >= 11 is 0. The number of nitrogens with one attached hydrogen (secondary N) is 3. The maximum absolute atomic E-state index is 12.6. The highest BCUT2D eigenvalue weighted by Crippen LogP contribution is 2.26. The fraction of sp³-hybridized carbons (Fsp3) is 0.261. The Balaban J connectivity index is 1.86. The SMILES string of the molecule is CCN(CC)c1nc(C)c(NC(=O)Nc2ccccc2)c(NCc2ccccc2)n1. The molecule has 0 fully saturated rings. The van der Waals surface area contributed by atoms with Gasteiger partial charge in [-0.3, -0.25) is 0 Å². The lowest BCUT2D eigenvalue weighted by atomic mass is 10.2. The quantitative estimate of drug-likeness (QED) is 0.498. The second-order valence-corrected chi connectivity index (χ2v) is 6.79. The lowest BCUT2D eigenvalue weighted by Gasteiger charge is -2.22. The van der Waals surface area contributed by atoms with Gasteiger partial charge in [-0.1, -0.05) is 48.5 Å². The van der Waals surface area contributed by atoms with Gasteiger partial charge in [-0.15, -0.1) is 0 Å². The maximum Gasteiger partial charge on any atom is 0.323 e. The van der Waals surface area contributed by atoms with Crippen molar-refractivity contribution < 1.29 is 4.79 Å². The normalized spacial score (nSPS) is 10.4. The second kappa shape index (κ2) is 10.2. The molecular formula is C23H28N6O. The number of urea groups is 1. The van der Waals surface area contributed by atoms with Gasteiger partial charge >= 0.3 is 6.03 Å². The number of aryl methyl sites for hydroxylation is 1. The van der Waals surface area contributed by atoms with Crippen molar-refractivity contribution in [3.05, 3.63) is 71.9 Å². The first-order valence-electron chi connectivity index (χ1n) is 10.1. The maximum atomic E-state index is 12.6. The van der Waals surface area contributed by atoms with E-state index in [0.29, 0.717) is 35.4 Å². The average molecular weight is 405 g/mol. The number of nitrogens with zero attached hydrogens (tertiary/aromatic N) is 3. The van der Waals surface area contributed by atoms with Crippen molar-refractivity contribution in [1.29, 1.82) is 0 Å². The first-order chi connectivity index (χ1) is 14.6. The van der Waals surface area contributed by atoms with Crippen LogP contribution in [0.25, 0.3) is 0 Å². The second-order valence-electron chi connectivity index (χ2n) is 6.79. The Morgan fingerprint density at radius 2 is 1.53 bits per heavy atom. The van der Waals surface area contributed by atoms with E-state index >= 15 is 0 Å². The molecule has 2 amide bonds. The molecule has 0 saturated carbocycles. The molecule has 2 aromatic carbocycles. The summed E-state index contributed by atoms with van der Waals surface area (Å²) in [7, 11) is 0. The van der Waals surface area contributed by atoms with Crippen LogP contribution in [-0.4, -0.2) is 29.1 Å². The monoisotopic (exact) mass is 404 g/mol. The molecule has 156 valence electrons. The molecule has 0 bridgehead atoms. The van der Waals surface area contributed by atoms with Crippen LogP contribution in [0.15, 0.2) is 60.7 Å². The Morgan fingerprint density at radius 1 is 0.900 bits per heavy atom. The molecule has 0 radical (unpaired) electrons. The van der Waals surface area contributed by atoms with Gasteiger partial charge in [0.15, 0.2) is 5.82 Å². The van der Waals surface area contributed by atoms with Crippen LogP contribution in [0, 0.1) is 6.92 Å². The minimum atomic E-state index is -0.341. The topological polar surface area (TPSA) is 82.2 Å². The Hall–Kier alpha value is -3.61. The number of amides is 2. The summed E-state index contributed by atoms with van der Waals surface area (Å²) in [6, 6.07) is 19.0. The molecule has 3 N–H and O–H groups in total. The summed E-state index contributed by atoms with van der Waals surface area (Å²) in [6.45, 7) is 8.20. The minimum Gasteiger partial charge on any atom is -0.364 e. The summed E-state index contributed by atoms with van der Waals surface area (Å²) in [4.78, 5) is 24.0. The number of hydrogen-bond acceptors (Lipinski definition) is 5. The van der Waals surface area contributed by atoms with E-state index in [4.69, 9.17) is 4.98 Å². The van der Waals surface area contributed by atoms with Gasteiger partial charge < -0.3 is 20.9 Å². The smallest absolute Gasteiger partial charge is 0.323 e. The summed E-state index contributed by atoms with van der Waals surface area (Å²) in [5, 5.41) is 9.11. The predicted octanol–water partition coefficient (Wildman–Crippen LogP) is 4.89. The lowest BCUT2D eigenvalue weighted by Crippen LogP contribution is -2.26. The molecule has 7 heteroatoms. The van der Waals surface area contributed by atoms with Crippen molar-refractivity contribution in [2.75, 3.05) is 33.9 Å². The number of carbonyl (C=O) groups is 1. The van der Waals surface area contributed by atoms with Gasteiger partial charge in [0.1, 0.15) is 5.69 Å². The summed E-state index contributed by atoms with van der Waals surface area (Å²) in [5.41, 5.74) is 3.10. The van der Waals surface area contributed by atoms with E-state index in [1.165, 1.54) is 0 Å². The van der Waals surface area contributed by atoms with Crippen molar-refractivity contribution in [1.82, 2.24) is 9.97 Å². The Bertz CT molecular complexity index is 958. The first kappa shape index (κ1) is 21.1. The number of hydrogen-bond donors (Lipinski definition) is 3. The van der Waals surface area contributed by atoms with Crippen molar-refractivity contribution in [3.8, 4) is 0 Å². The fourth-order valence-electron chi connectivity index (χ4n) is 3.06. The fourth-order valence-corrected chi connectivity index (χ4v) is 3.06. The van der Waals surface area contributed by atoms with E-state index in [9.17, 15) is 4.79 Å². The Labute approximate surface area is 177 Å². The van der Waals surface area contributed by atoms with E-state index in [-0.39, 0.29) is 6.03 Å². The van der Waals surface area contributed by atoms with Crippen LogP contribution in [0.5, 0.6) is 0 Å². The molecule has 1 aromatic heterocycles. The molecule has 3 rings (SSSR count). The van der Waals surface area contributed by atoms with E-state index in [1.807, 2.05) is 67.6 Å². The van der Waals surface area contributed by atoms with Crippen molar-refractivity contribution in [2.24, 2.45) is 0 Å². The number of rotatable bonds is 8. The lowest BCUT2D eigenvalue weighted by molar-refractivity contribution is 0.262. The molecule has 3 aromatic rings. The van der Waals surface area contributed by atoms with Gasteiger partial charge in [0, 0.05) is 25.3 Å². The van der Waals surface area contributed by atoms with Gasteiger partial charge in [-0.25, -0.2) is 9.78 Å². The first-order valence-corrected chi connectivity index (χ1v) is 10.1. The number of carbonyl (C=O) groups excluding carboxylic acids is 1. The third-order valence-corrected chi connectivity index (χ3v) is 4.70. The zero-order chi connectivity index (χ0) is 21.3. The molecule has 0 saturated heterocycles. The van der Waals surface area contributed by atoms with Gasteiger partial charge in [-0.05, 0) is 38.5 Å². The number of benzene rings is 2. The van der Waals surface area contributed by atoms with Gasteiger partial charge in [0.05, 0.1) is 5.69 Å². The Kier molecular flexibility index (Phi) is 7.21. The van der Waals surface area contributed by atoms with Gasteiger partial charge in [0.2, 0.25) is 5.95 Å². The molecule has 7 nitrogen and oxygen atoms in total. The highest BCUT2D eigenvalue weighted by molar-refractivity contribution is 6.01. The van der Waals surface area contributed by atoms with E-state index in [2.05, 4.69) is 39.7 Å². The molecule has 0 aliphatic rings. The molecule has 1 heterocycles. The van der Waals surface area contributed by atoms with Crippen LogP contribution in [0.2, 0.25) is 0 Å². The average Bonchev–Trinajstić information content (AvgIpc) is 2.76. The molecule has 0 spiro atoms. The van der Waals surface area contributed by atoms with Crippen LogP contribution >= 0.6 is 0 Å². The zero-order valence-corrected chi connectivity index (χ0v) is 17.6. The van der Waals surface area contributed by atoms with Crippen LogP contribution in [-0.2, 0) is 6.54 Å². The molecule has 0 aliphatic heterocycles. The summed E-state index contributed by atoms with van der Waals surface area (Å²) in [5.74, 6) is 1.23. The zero-order valence-electron chi connectivity index (χ0n) is 17.6. The molecule has 0 atom stereocenters. The van der Waals surface area contributed by atoms with Crippen LogP contribution in [0.1, 0.15) is 25.1 Å². The highest BCUT2D eigenvalue weighted by Gasteiger charge is 2.17.